The molecular formula is C34H44IrNO2-. The van der Waals surface area contributed by atoms with E-state index in [4.69, 9.17) is 10.1 Å². The molecule has 38 heavy (non-hydrogen) atoms. The van der Waals surface area contributed by atoms with E-state index in [1.54, 1.807) is 0 Å². The topological polar surface area (TPSA) is 50.2 Å². The van der Waals surface area contributed by atoms with E-state index in [-0.39, 0.29) is 37.1 Å². The van der Waals surface area contributed by atoms with Crippen LogP contribution in [0.1, 0.15) is 102 Å². The molecule has 1 unspecified atom stereocenters. The summed E-state index contributed by atoms with van der Waals surface area (Å²) in [6, 6.07) is 15.0. The van der Waals surface area contributed by atoms with Gasteiger partial charge in [0.25, 0.3) is 0 Å². The first-order valence-corrected chi connectivity index (χ1v) is 13.7. The zero-order valence-electron chi connectivity index (χ0n) is 24.4. The monoisotopic (exact) mass is 691 g/mol. The van der Waals surface area contributed by atoms with Crippen LogP contribution in [0.2, 0.25) is 0 Å². The van der Waals surface area contributed by atoms with Gasteiger partial charge in [0.05, 0.1) is 5.76 Å². The maximum atomic E-state index is 10.0. The number of carbonyl (C=O) groups excluding carboxylic acids is 1. The number of aromatic nitrogens is 1. The summed E-state index contributed by atoms with van der Waals surface area (Å²) in [4.78, 5) is 14.8. The summed E-state index contributed by atoms with van der Waals surface area (Å²) in [5, 5.41) is 10.9. The Balaban J connectivity index is 0.000000561. The van der Waals surface area contributed by atoms with Gasteiger partial charge in [-0.3, -0.25) is 4.79 Å². The molecule has 1 aliphatic rings. The minimum Gasteiger partial charge on any atom is -0.512 e. The molecule has 4 heteroatoms. The van der Waals surface area contributed by atoms with Gasteiger partial charge in [0.15, 0.2) is 5.78 Å². The minimum atomic E-state index is -0.125. The number of aliphatic hydroxyl groups is 1. The van der Waals surface area contributed by atoms with Gasteiger partial charge in [-0.15, -0.1) is 34.9 Å². The van der Waals surface area contributed by atoms with Crippen LogP contribution in [-0.2, 0) is 30.3 Å². The maximum Gasteiger partial charge on any atom is 0.155 e. The number of pyridine rings is 1. The maximum absolute atomic E-state index is 10.0. The van der Waals surface area contributed by atoms with Crippen LogP contribution in [0.5, 0.6) is 0 Å². The fraction of sp³-hybridized carbons (Fsp3) is 0.471. The summed E-state index contributed by atoms with van der Waals surface area (Å²) in [5.74, 6) is 1.40. The summed E-state index contributed by atoms with van der Waals surface area (Å²) in [6.07, 6.45) is 10.1. The van der Waals surface area contributed by atoms with Crippen LogP contribution in [0.4, 0.5) is 0 Å². The molecule has 1 fully saturated rings. The van der Waals surface area contributed by atoms with Crippen molar-refractivity contribution in [2.45, 2.75) is 98.8 Å². The molecule has 2 aromatic carbocycles. The smallest absolute Gasteiger partial charge is 0.155 e. The number of hydrogen-bond donors (Lipinski definition) is 1. The molecule has 3 nitrogen and oxygen atoms in total. The van der Waals surface area contributed by atoms with Gasteiger partial charge in [0.1, 0.15) is 0 Å². The first-order valence-electron chi connectivity index (χ1n) is 13.7. The third-order valence-electron chi connectivity index (χ3n) is 7.64. The Kier molecular flexibility index (Phi) is 11.5. The number of benzene rings is 2. The van der Waals surface area contributed by atoms with Crippen molar-refractivity contribution in [2.75, 3.05) is 0 Å². The molecule has 0 spiro atoms. The second-order valence-electron chi connectivity index (χ2n) is 11.8. The predicted molar refractivity (Wildman–Crippen MR) is 156 cm³/mol. The number of nitrogens with zero attached hydrogens (tertiary/aromatic N) is 1. The molecule has 1 radical (unpaired) electrons. The number of hydrogen-bond acceptors (Lipinski definition) is 3. The Morgan fingerprint density at radius 3 is 2.26 bits per heavy atom. The molecule has 1 aliphatic carbocycles. The second kappa shape index (κ2) is 13.7. The average Bonchev–Trinajstić information content (AvgIpc) is 2.83. The van der Waals surface area contributed by atoms with Gasteiger partial charge in [0.2, 0.25) is 0 Å². The molecule has 4 rings (SSSR count). The van der Waals surface area contributed by atoms with Crippen molar-refractivity contribution in [3.05, 3.63) is 76.7 Å². The molecule has 207 valence electrons. The Labute approximate surface area is 243 Å². The van der Waals surface area contributed by atoms with Crippen LogP contribution < -0.4 is 0 Å². The number of aryl methyl sites for hydroxylation is 2. The fourth-order valence-corrected chi connectivity index (χ4v) is 5.59. The number of fused-ring (bicyclic) bond motifs is 1. The van der Waals surface area contributed by atoms with Crippen LogP contribution in [0.15, 0.2) is 48.4 Å². The number of rotatable bonds is 4. The summed E-state index contributed by atoms with van der Waals surface area (Å²) in [6.45, 7) is 16.5. The van der Waals surface area contributed by atoms with Gasteiger partial charge in [-0.1, -0.05) is 66.0 Å². The van der Waals surface area contributed by atoms with E-state index >= 15 is 0 Å². The molecule has 0 saturated heterocycles. The van der Waals surface area contributed by atoms with E-state index in [2.05, 4.69) is 77.9 Å². The van der Waals surface area contributed by atoms with Gasteiger partial charge in [-0.2, -0.15) is 0 Å². The molecule has 3 aromatic rings. The normalized spacial score (nSPS) is 15.3. The van der Waals surface area contributed by atoms with Crippen molar-refractivity contribution in [1.82, 2.24) is 4.98 Å². The standard InChI is InChI=1S/C29H36N.C5H8O2.Ir/c1-19-16-23(18-24(17-19)29(4,5)6)28-27-13-12-25(21(3)26(27)14-15-30-28)20(2)22-10-8-7-9-11-22;1-4(6)3-5(2)7;/h12-15,17-18,20,22H,7-11H2,1-6H3;3,6H,1-2H3;/q-1;;/b;4-3-;. The zero-order valence-corrected chi connectivity index (χ0v) is 26.8. The van der Waals surface area contributed by atoms with Gasteiger partial charge in [0, 0.05) is 32.4 Å². The van der Waals surface area contributed by atoms with E-state index in [1.807, 2.05) is 6.20 Å². The summed E-state index contributed by atoms with van der Waals surface area (Å²) < 4.78 is 0. The first-order chi connectivity index (χ1) is 17.4. The molecule has 1 N–H and O–H groups in total. The minimum absolute atomic E-state index is 0. The fourth-order valence-electron chi connectivity index (χ4n) is 5.59. The van der Waals surface area contributed by atoms with Crippen molar-refractivity contribution in [2.24, 2.45) is 5.92 Å². The van der Waals surface area contributed by atoms with Crippen LogP contribution in [0.3, 0.4) is 0 Å². The Bertz CT molecular complexity index is 1280. The molecule has 1 heterocycles. The van der Waals surface area contributed by atoms with E-state index < -0.39 is 0 Å². The first kappa shape index (κ1) is 31.9. The van der Waals surface area contributed by atoms with E-state index in [0.717, 1.165) is 17.2 Å². The van der Waals surface area contributed by atoms with Crippen LogP contribution in [0.25, 0.3) is 22.0 Å². The predicted octanol–water partition coefficient (Wildman–Crippen LogP) is 9.33. The number of aliphatic hydroxyl groups excluding tert-OH is 1. The molecule has 1 atom stereocenters. The third kappa shape index (κ3) is 8.10. The number of allylic oxidation sites excluding steroid dienone is 2. The Hall–Kier alpha value is -2.29. The van der Waals surface area contributed by atoms with Crippen molar-refractivity contribution < 1.29 is 30.0 Å². The molecule has 0 amide bonds. The number of ketones is 1. The van der Waals surface area contributed by atoms with Gasteiger partial charge < -0.3 is 10.1 Å². The van der Waals surface area contributed by atoms with Crippen molar-refractivity contribution >= 4 is 16.6 Å². The van der Waals surface area contributed by atoms with Crippen molar-refractivity contribution in [3.63, 3.8) is 0 Å². The SMILES string of the molecule is CC(=O)/C=C(/C)O.Cc1[c-]c(-c2nccc3c(C)c(C(C)C4CCCCC4)ccc23)cc(C(C)(C)C)c1.[Ir]. The summed E-state index contributed by atoms with van der Waals surface area (Å²) >= 11 is 0. The average molecular weight is 691 g/mol. The van der Waals surface area contributed by atoms with E-state index in [1.165, 1.54) is 85.1 Å². The van der Waals surface area contributed by atoms with Gasteiger partial charge in [-0.05, 0) is 84.5 Å². The van der Waals surface area contributed by atoms with Crippen LogP contribution in [0, 0.1) is 25.8 Å². The molecular weight excluding hydrogens is 647 g/mol. The van der Waals surface area contributed by atoms with Crippen LogP contribution in [-0.4, -0.2) is 15.9 Å². The molecule has 1 saturated carbocycles. The van der Waals surface area contributed by atoms with Crippen molar-refractivity contribution in [3.8, 4) is 11.3 Å². The quantitative estimate of drug-likeness (QED) is 0.169. The molecule has 1 aromatic heterocycles. The van der Waals surface area contributed by atoms with E-state index in [9.17, 15) is 4.79 Å². The molecule has 0 aliphatic heterocycles. The van der Waals surface area contributed by atoms with Gasteiger partial charge >= 0.3 is 0 Å². The summed E-state index contributed by atoms with van der Waals surface area (Å²) in [7, 11) is 0. The largest absolute Gasteiger partial charge is 0.512 e. The third-order valence-corrected chi connectivity index (χ3v) is 7.64. The van der Waals surface area contributed by atoms with Crippen LogP contribution >= 0.6 is 0 Å². The Morgan fingerprint density at radius 1 is 1.05 bits per heavy atom. The number of carbonyl (C=O) groups is 1. The summed E-state index contributed by atoms with van der Waals surface area (Å²) in [5.41, 5.74) is 7.74. The van der Waals surface area contributed by atoms with Gasteiger partial charge in [-0.25, -0.2) is 0 Å². The zero-order chi connectivity index (χ0) is 27.3. The molecule has 0 bridgehead atoms. The Morgan fingerprint density at radius 2 is 1.71 bits per heavy atom. The second-order valence-corrected chi connectivity index (χ2v) is 11.8. The van der Waals surface area contributed by atoms with E-state index in [0.29, 0.717) is 5.92 Å². The van der Waals surface area contributed by atoms with Crippen molar-refractivity contribution in [1.29, 1.82) is 0 Å².